The molecule has 0 radical (unpaired) electrons. The van der Waals surface area contributed by atoms with Crippen molar-refractivity contribution in [1.29, 1.82) is 0 Å². The fourth-order valence-electron chi connectivity index (χ4n) is 2.70. The molecule has 1 atom stereocenters. The van der Waals surface area contributed by atoms with Gasteiger partial charge in [-0.1, -0.05) is 12.1 Å². The van der Waals surface area contributed by atoms with Crippen LogP contribution < -0.4 is 16.2 Å². The van der Waals surface area contributed by atoms with Crippen LogP contribution in [0.4, 0.5) is 4.79 Å². The number of fused-ring (bicyclic) bond motifs is 1. The summed E-state index contributed by atoms with van der Waals surface area (Å²) in [6.45, 7) is 0. The number of imide groups is 1. The van der Waals surface area contributed by atoms with Crippen LogP contribution in [0.2, 0.25) is 0 Å². The molecule has 2 aromatic rings. The van der Waals surface area contributed by atoms with Crippen LogP contribution in [0.3, 0.4) is 0 Å². The molecule has 2 N–H and O–H groups in total. The Kier molecular flexibility index (Phi) is 1.81. The van der Waals surface area contributed by atoms with Crippen molar-refractivity contribution in [2.75, 3.05) is 0 Å². The second kappa shape index (κ2) is 3.32. The number of hydrogen-bond donors (Lipinski definition) is 2. The maximum atomic E-state index is 12.1. The van der Waals surface area contributed by atoms with Gasteiger partial charge in [0.05, 0.1) is 17.2 Å². The van der Waals surface area contributed by atoms with Crippen LogP contribution in [0.25, 0.3) is 17.2 Å². The number of para-hydroxylation sites is 1. The molecule has 1 aromatic heterocycles. The molecule has 4 rings (SSSR count). The normalized spacial score (nSPS) is 23.2. The number of nitrogens with zero attached hydrogens (tertiary/aromatic N) is 2. The van der Waals surface area contributed by atoms with E-state index in [0.29, 0.717) is 16.6 Å². The van der Waals surface area contributed by atoms with E-state index in [1.165, 1.54) is 23.0 Å². The van der Waals surface area contributed by atoms with E-state index in [4.69, 9.17) is 0 Å². The summed E-state index contributed by atoms with van der Waals surface area (Å²) in [7, 11) is 0. The predicted molar refractivity (Wildman–Crippen MR) is 69.7 cm³/mol. The van der Waals surface area contributed by atoms with Crippen LogP contribution in [0.15, 0.2) is 35.3 Å². The van der Waals surface area contributed by atoms with E-state index in [9.17, 15) is 14.4 Å². The molecule has 7 heteroatoms. The first-order valence-corrected chi connectivity index (χ1v) is 5.95. The van der Waals surface area contributed by atoms with Gasteiger partial charge in [-0.3, -0.25) is 19.5 Å². The summed E-state index contributed by atoms with van der Waals surface area (Å²) in [6.07, 6.45) is 4.22. The minimum atomic E-state index is -1.27. The Hall–Kier alpha value is -2.96. The molecule has 7 nitrogen and oxygen atoms in total. The number of amides is 3. The van der Waals surface area contributed by atoms with E-state index in [-0.39, 0.29) is 5.56 Å². The van der Waals surface area contributed by atoms with Crippen molar-refractivity contribution in [1.82, 2.24) is 20.2 Å². The second-order valence-corrected chi connectivity index (χ2v) is 4.67. The van der Waals surface area contributed by atoms with Gasteiger partial charge in [0.25, 0.3) is 11.5 Å². The van der Waals surface area contributed by atoms with Crippen LogP contribution in [-0.4, -0.2) is 21.5 Å². The maximum Gasteiger partial charge on any atom is 0.322 e. The standard InChI is InChI=1S/C13H8N4O3/c18-9-6-14-8-3-1-2-7-10(8)17(9)5-4-13(7)11(19)15-12(20)16-13/h1-6H,(H2,15,16,19,20). The quantitative estimate of drug-likeness (QED) is 0.653. The molecule has 2 aliphatic rings. The monoisotopic (exact) mass is 268 g/mol. The van der Waals surface area contributed by atoms with E-state index in [1.54, 1.807) is 18.2 Å². The average molecular weight is 268 g/mol. The molecule has 3 heterocycles. The smallest absolute Gasteiger partial charge is 0.316 e. The van der Waals surface area contributed by atoms with Gasteiger partial charge in [0.1, 0.15) is 0 Å². The number of nitrogens with one attached hydrogen (secondary N) is 2. The van der Waals surface area contributed by atoms with E-state index in [1.807, 2.05) is 0 Å². The average Bonchev–Trinajstić information content (AvgIpc) is 2.72. The molecule has 0 bridgehead atoms. The number of hydrogen-bond acceptors (Lipinski definition) is 4. The van der Waals surface area contributed by atoms with Gasteiger partial charge in [0.15, 0.2) is 5.54 Å². The highest BCUT2D eigenvalue weighted by molar-refractivity contribution is 6.11. The van der Waals surface area contributed by atoms with Gasteiger partial charge in [-0.25, -0.2) is 9.78 Å². The van der Waals surface area contributed by atoms with Crippen molar-refractivity contribution in [3.05, 3.63) is 46.4 Å². The van der Waals surface area contributed by atoms with Crippen molar-refractivity contribution >= 4 is 29.2 Å². The van der Waals surface area contributed by atoms with Gasteiger partial charge in [-0.2, -0.15) is 0 Å². The summed E-state index contributed by atoms with van der Waals surface area (Å²) >= 11 is 0. The molecule has 2 aliphatic heterocycles. The predicted octanol–water partition coefficient (Wildman–Crippen LogP) is -0.0845. The SMILES string of the molecule is O=C1NC(=O)C2(C=Cn3c(=O)cnc4cccc2c43)N1. The molecule has 1 spiro atoms. The highest BCUT2D eigenvalue weighted by Crippen LogP contribution is 2.34. The van der Waals surface area contributed by atoms with Crippen LogP contribution in [0.1, 0.15) is 5.56 Å². The largest absolute Gasteiger partial charge is 0.322 e. The summed E-state index contributed by atoms with van der Waals surface area (Å²) in [5.74, 6) is -0.464. The second-order valence-electron chi connectivity index (χ2n) is 4.67. The minimum Gasteiger partial charge on any atom is -0.316 e. The maximum absolute atomic E-state index is 12.1. The van der Waals surface area contributed by atoms with E-state index in [0.717, 1.165) is 0 Å². The van der Waals surface area contributed by atoms with Crippen molar-refractivity contribution in [2.24, 2.45) is 0 Å². The molecular formula is C13H8N4O3. The van der Waals surface area contributed by atoms with Gasteiger partial charge < -0.3 is 5.32 Å². The molecule has 1 unspecified atom stereocenters. The first-order valence-electron chi connectivity index (χ1n) is 5.95. The van der Waals surface area contributed by atoms with Crippen molar-refractivity contribution < 1.29 is 9.59 Å². The highest BCUT2D eigenvalue weighted by atomic mass is 16.2. The Bertz CT molecular complexity index is 883. The number of urea groups is 1. The molecule has 1 aromatic carbocycles. The van der Waals surface area contributed by atoms with Crippen LogP contribution in [0, 0.1) is 0 Å². The zero-order valence-corrected chi connectivity index (χ0v) is 10.1. The fraction of sp³-hybridized carbons (Fsp3) is 0.0769. The van der Waals surface area contributed by atoms with Crippen LogP contribution in [0.5, 0.6) is 0 Å². The first-order chi connectivity index (χ1) is 9.62. The topological polar surface area (TPSA) is 93.1 Å². The van der Waals surface area contributed by atoms with Gasteiger partial charge in [0.2, 0.25) is 0 Å². The molecule has 1 saturated heterocycles. The van der Waals surface area contributed by atoms with Gasteiger partial charge in [-0.05, 0) is 12.1 Å². The fourth-order valence-corrected chi connectivity index (χ4v) is 2.70. The van der Waals surface area contributed by atoms with Gasteiger partial charge in [-0.15, -0.1) is 0 Å². The zero-order valence-electron chi connectivity index (χ0n) is 10.1. The van der Waals surface area contributed by atoms with Crippen molar-refractivity contribution in [3.8, 4) is 0 Å². The summed E-state index contributed by atoms with van der Waals surface area (Å²) < 4.78 is 1.42. The number of aromatic nitrogens is 2. The third-order valence-corrected chi connectivity index (χ3v) is 3.60. The Balaban J connectivity index is 2.16. The highest BCUT2D eigenvalue weighted by Gasteiger charge is 2.48. The van der Waals surface area contributed by atoms with Crippen molar-refractivity contribution in [2.45, 2.75) is 5.54 Å². The first kappa shape index (κ1) is 10.9. The Morgan fingerprint density at radius 1 is 1.20 bits per heavy atom. The number of carbonyl (C=O) groups is 2. The Morgan fingerprint density at radius 2 is 2.05 bits per heavy atom. The minimum absolute atomic E-state index is 0.291. The number of benzene rings is 1. The summed E-state index contributed by atoms with van der Waals surface area (Å²) in [4.78, 5) is 39.5. The third-order valence-electron chi connectivity index (χ3n) is 3.60. The molecule has 98 valence electrons. The molecule has 0 aliphatic carbocycles. The summed E-state index contributed by atoms with van der Waals surface area (Å²) in [6, 6.07) is 4.62. The van der Waals surface area contributed by atoms with Crippen molar-refractivity contribution in [3.63, 3.8) is 0 Å². The van der Waals surface area contributed by atoms with Gasteiger partial charge in [0, 0.05) is 11.8 Å². The van der Waals surface area contributed by atoms with E-state index < -0.39 is 17.5 Å². The van der Waals surface area contributed by atoms with E-state index >= 15 is 0 Å². The van der Waals surface area contributed by atoms with Crippen LogP contribution in [-0.2, 0) is 10.3 Å². The molecule has 3 amide bonds. The number of rotatable bonds is 0. The summed E-state index contributed by atoms with van der Waals surface area (Å²) in [5, 5.41) is 4.83. The zero-order chi connectivity index (χ0) is 13.9. The lowest BCUT2D eigenvalue weighted by Crippen LogP contribution is -2.44. The van der Waals surface area contributed by atoms with Gasteiger partial charge >= 0.3 is 6.03 Å². The Morgan fingerprint density at radius 3 is 2.80 bits per heavy atom. The molecular weight excluding hydrogens is 260 g/mol. The lowest BCUT2D eigenvalue weighted by Gasteiger charge is -2.28. The Labute approximate surface area is 111 Å². The van der Waals surface area contributed by atoms with Crippen LogP contribution >= 0.6 is 0 Å². The molecule has 0 saturated carbocycles. The molecule has 1 fully saturated rings. The van der Waals surface area contributed by atoms with E-state index in [2.05, 4.69) is 15.6 Å². The third kappa shape index (κ3) is 1.14. The molecule has 20 heavy (non-hydrogen) atoms. The lowest BCUT2D eigenvalue weighted by molar-refractivity contribution is -0.122. The lowest BCUT2D eigenvalue weighted by atomic mass is 9.87. The number of carbonyl (C=O) groups excluding carboxylic acids is 2. The summed E-state index contributed by atoms with van der Waals surface area (Å²) in [5.41, 5.74) is 0.0814.